The fourth-order valence-electron chi connectivity index (χ4n) is 4.59. The van der Waals surface area contributed by atoms with Crippen molar-refractivity contribution in [1.82, 2.24) is 0 Å². The van der Waals surface area contributed by atoms with Gasteiger partial charge in [0.15, 0.2) is 0 Å². The molecule has 0 aromatic rings. The number of hydrogen-bond donors (Lipinski definition) is 2. The van der Waals surface area contributed by atoms with Gasteiger partial charge in [-0.25, -0.2) is 8.42 Å². The molecular formula is C23H40O3S. The number of allylic oxidation sites excluding steroid dienone is 3. The van der Waals surface area contributed by atoms with E-state index in [9.17, 15) is 13.5 Å². The fourth-order valence-corrected chi connectivity index (χ4v) is 5.26. The third-order valence-corrected chi connectivity index (χ3v) is 7.16. The summed E-state index contributed by atoms with van der Waals surface area (Å²) in [4.78, 5) is 0. The van der Waals surface area contributed by atoms with E-state index >= 15 is 0 Å². The zero-order chi connectivity index (χ0) is 20.8. The van der Waals surface area contributed by atoms with Crippen molar-refractivity contribution in [2.75, 3.05) is 0 Å². The van der Waals surface area contributed by atoms with Gasteiger partial charge in [-0.15, -0.1) is 0 Å². The quantitative estimate of drug-likeness (QED) is 0.395. The molecule has 0 saturated carbocycles. The topological polar surface area (TPSA) is 54.4 Å². The third kappa shape index (κ3) is 6.90. The van der Waals surface area contributed by atoms with Crippen molar-refractivity contribution in [2.45, 2.75) is 98.3 Å². The van der Waals surface area contributed by atoms with E-state index in [1.54, 1.807) is 0 Å². The minimum absolute atomic E-state index is 0.127. The maximum atomic E-state index is 11.2. The summed E-state index contributed by atoms with van der Waals surface area (Å²) in [5.41, 5.74) is 5.14. The molecule has 4 heteroatoms. The van der Waals surface area contributed by atoms with Gasteiger partial charge in [0.25, 0.3) is 0 Å². The monoisotopic (exact) mass is 396 g/mol. The zero-order valence-corrected chi connectivity index (χ0v) is 19.2. The summed E-state index contributed by atoms with van der Waals surface area (Å²) in [6.45, 7) is 14.9. The number of hydrogen-bond acceptors (Lipinski definition) is 3. The summed E-state index contributed by atoms with van der Waals surface area (Å²) in [7, 11) is -2.40. The number of thiol groups is 1. The molecule has 27 heavy (non-hydrogen) atoms. The van der Waals surface area contributed by atoms with Gasteiger partial charge in [0.1, 0.15) is 10.7 Å². The van der Waals surface area contributed by atoms with Crippen LogP contribution in [0.2, 0.25) is 0 Å². The van der Waals surface area contributed by atoms with E-state index in [0.717, 1.165) is 30.4 Å². The van der Waals surface area contributed by atoms with Crippen LogP contribution in [0.4, 0.5) is 0 Å². The summed E-state index contributed by atoms with van der Waals surface area (Å²) in [6, 6.07) is 0. The second kappa shape index (κ2) is 10.6. The van der Waals surface area contributed by atoms with Gasteiger partial charge in [0.2, 0.25) is 0 Å². The van der Waals surface area contributed by atoms with Crippen molar-refractivity contribution in [2.24, 2.45) is 11.3 Å². The Kier molecular flexibility index (Phi) is 9.50. The van der Waals surface area contributed by atoms with E-state index in [-0.39, 0.29) is 16.6 Å². The molecule has 156 valence electrons. The predicted octanol–water partition coefficient (Wildman–Crippen LogP) is 5.57. The number of aliphatic hydroxyl groups excluding tert-OH is 1. The minimum Gasteiger partial charge on any atom is -0.388 e. The van der Waals surface area contributed by atoms with Crippen LogP contribution in [-0.4, -0.2) is 24.9 Å². The second-order valence-electron chi connectivity index (χ2n) is 8.93. The molecule has 0 saturated heterocycles. The van der Waals surface area contributed by atoms with Crippen LogP contribution >= 0.6 is 0 Å². The molecule has 0 fully saturated rings. The molecule has 0 aliphatic heterocycles. The lowest BCUT2D eigenvalue weighted by Crippen LogP contribution is -2.31. The van der Waals surface area contributed by atoms with Gasteiger partial charge in [-0.1, -0.05) is 56.6 Å². The van der Waals surface area contributed by atoms with Crippen LogP contribution in [0.15, 0.2) is 34.4 Å². The average Bonchev–Trinajstić information content (AvgIpc) is 2.57. The smallest absolute Gasteiger partial charge is 0.146 e. The largest absolute Gasteiger partial charge is 0.388 e. The summed E-state index contributed by atoms with van der Waals surface area (Å²) in [5.74, 6) is 0.127. The molecule has 0 spiro atoms. The minimum atomic E-state index is -2.40. The number of rotatable bonds is 9. The van der Waals surface area contributed by atoms with Crippen LogP contribution in [0.5, 0.6) is 0 Å². The van der Waals surface area contributed by atoms with Crippen molar-refractivity contribution in [3.8, 4) is 0 Å². The van der Waals surface area contributed by atoms with E-state index in [1.807, 2.05) is 26.8 Å². The molecule has 1 aliphatic rings. The molecule has 1 rings (SSSR count). The van der Waals surface area contributed by atoms with Crippen LogP contribution in [0.1, 0.15) is 87.0 Å². The van der Waals surface area contributed by atoms with Crippen LogP contribution in [0.3, 0.4) is 0 Å². The molecule has 1 N–H and O–H groups in total. The summed E-state index contributed by atoms with van der Waals surface area (Å²) >= 11 is 0. The zero-order valence-electron chi connectivity index (χ0n) is 18.3. The lowest BCUT2D eigenvalue weighted by atomic mass is 9.67. The molecule has 3 unspecified atom stereocenters. The standard InChI is InChI=1S/C23H40O3S/c1-8-20(27(25)26)15-16(2)11-9-12-18(4)22(24)19(5)21-17(3)13-10-14-23(21,6)7/h12,15,19-20,22,24,27H,8-11,13-14H2,1-7H3/b16-15+,18-12+. The summed E-state index contributed by atoms with van der Waals surface area (Å²) in [5, 5.41) is 10.6. The highest BCUT2D eigenvalue weighted by Crippen LogP contribution is 2.45. The van der Waals surface area contributed by atoms with Crippen molar-refractivity contribution >= 4 is 10.7 Å². The Morgan fingerprint density at radius 1 is 1.30 bits per heavy atom. The Bertz CT molecular complexity index is 657. The van der Waals surface area contributed by atoms with Crippen molar-refractivity contribution in [1.29, 1.82) is 0 Å². The Balaban J connectivity index is 2.78. The van der Waals surface area contributed by atoms with E-state index in [1.165, 1.54) is 24.0 Å². The first-order chi connectivity index (χ1) is 12.5. The van der Waals surface area contributed by atoms with Crippen molar-refractivity contribution in [3.63, 3.8) is 0 Å². The van der Waals surface area contributed by atoms with Crippen molar-refractivity contribution in [3.05, 3.63) is 34.4 Å². The molecule has 0 aromatic heterocycles. The SMILES string of the molecule is CCC(/C=C(\C)CC/C=C(\C)C(O)C(C)C1=C(C)CCCC1(C)C)[SH](=O)=O. The summed E-state index contributed by atoms with van der Waals surface area (Å²) in [6.07, 6.45) is 9.35. The maximum Gasteiger partial charge on any atom is 0.146 e. The van der Waals surface area contributed by atoms with E-state index < -0.39 is 16.8 Å². The Morgan fingerprint density at radius 2 is 1.93 bits per heavy atom. The van der Waals surface area contributed by atoms with Crippen LogP contribution in [-0.2, 0) is 10.7 Å². The Hall–Kier alpha value is -0.870. The second-order valence-corrected chi connectivity index (χ2v) is 10.2. The lowest BCUT2D eigenvalue weighted by molar-refractivity contribution is 0.148. The first kappa shape index (κ1) is 24.2. The normalized spacial score (nSPS) is 22.1. The van der Waals surface area contributed by atoms with Gasteiger partial charge in [-0.2, -0.15) is 0 Å². The van der Waals surface area contributed by atoms with Gasteiger partial charge in [0.05, 0.1) is 11.4 Å². The Morgan fingerprint density at radius 3 is 2.44 bits per heavy atom. The first-order valence-electron chi connectivity index (χ1n) is 10.4. The van der Waals surface area contributed by atoms with Crippen LogP contribution < -0.4 is 0 Å². The fraction of sp³-hybridized carbons (Fsp3) is 0.739. The molecule has 0 aromatic carbocycles. The lowest BCUT2D eigenvalue weighted by Gasteiger charge is -2.39. The molecule has 0 radical (unpaired) electrons. The van der Waals surface area contributed by atoms with Crippen LogP contribution in [0.25, 0.3) is 0 Å². The predicted molar refractivity (Wildman–Crippen MR) is 117 cm³/mol. The molecule has 0 amide bonds. The molecule has 3 atom stereocenters. The first-order valence-corrected chi connectivity index (χ1v) is 11.6. The highest BCUT2D eigenvalue weighted by atomic mass is 32.2. The van der Waals surface area contributed by atoms with E-state index in [4.69, 9.17) is 0 Å². The van der Waals surface area contributed by atoms with Crippen LogP contribution in [0, 0.1) is 11.3 Å². The molecule has 3 nitrogen and oxygen atoms in total. The molecule has 0 heterocycles. The maximum absolute atomic E-state index is 11.2. The number of aliphatic hydroxyl groups is 1. The average molecular weight is 397 g/mol. The van der Waals surface area contributed by atoms with Crippen molar-refractivity contribution < 1.29 is 13.5 Å². The highest BCUT2D eigenvalue weighted by Gasteiger charge is 2.34. The molecular weight excluding hydrogens is 356 g/mol. The molecule has 1 aliphatic carbocycles. The van der Waals surface area contributed by atoms with Gasteiger partial charge < -0.3 is 5.11 Å². The highest BCUT2D eigenvalue weighted by molar-refractivity contribution is 7.73. The molecule has 0 bridgehead atoms. The Labute approximate surface area is 168 Å². The van der Waals surface area contributed by atoms with Gasteiger partial charge in [0, 0.05) is 5.92 Å². The van der Waals surface area contributed by atoms with E-state index in [0.29, 0.717) is 6.42 Å². The van der Waals surface area contributed by atoms with Gasteiger partial charge in [-0.05, 0) is 70.3 Å². The van der Waals surface area contributed by atoms with Gasteiger partial charge >= 0.3 is 0 Å². The van der Waals surface area contributed by atoms with E-state index in [2.05, 4.69) is 33.8 Å². The van der Waals surface area contributed by atoms with Gasteiger partial charge in [-0.3, -0.25) is 0 Å². The summed E-state index contributed by atoms with van der Waals surface area (Å²) < 4.78 is 22.4. The third-order valence-electron chi connectivity index (χ3n) is 6.11.